The third-order valence-electron chi connectivity index (χ3n) is 4.57. The Bertz CT molecular complexity index is 664. The number of rotatable bonds is 9. The lowest BCUT2D eigenvalue weighted by Crippen LogP contribution is -2.52. The van der Waals surface area contributed by atoms with Crippen LogP contribution in [0.4, 0.5) is 0 Å². The monoisotopic (exact) mass is 355 g/mol. The first kappa shape index (κ1) is 19.6. The second kappa shape index (κ2) is 9.11. The molecule has 0 aromatic heterocycles. The summed E-state index contributed by atoms with van der Waals surface area (Å²) in [6.45, 7) is 5.27. The summed E-state index contributed by atoms with van der Waals surface area (Å²) in [6, 6.07) is 19.7. The highest BCUT2D eigenvalue weighted by Crippen LogP contribution is 2.22. The predicted octanol–water partition coefficient (Wildman–Crippen LogP) is 3.64. The minimum absolute atomic E-state index is 0.942. The molecule has 0 saturated carbocycles. The van der Waals surface area contributed by atoms with Crippen LogP contribution in [0, 0.1) is 0 Å². The van der Waals surface area contributed by atoms with E-state index in [9.17, 15) is 0 Å². The Morgan fingerprint density at radius 1 is 0.920 bits per heavy atom. The average Bonchev–Trinajstić information content (AvgIpc) is 2.66. The van der Waals surface area contributed by atoms with E-state index in [1.165, 1.54) is 5.19 Å². The SMILES string of the molecule is C=C(c1ccccc1)c1ccc([Si](CCCN(C)C)(OC)OC)cc1. The molecule has 0 amide bonds. The Morgan fingerprint density at radius 3 is 2.00 bits per heavy atom. The van der Waals surface area contributed by atoms with Crippen LogP contribution in [0.3, 0.4) is 0 Å². The molecule has 0 heterocycles. The van der Waals surface area contributed by atoms with Gasteiger partial charge in [-0.25, -0.2) is 0 Å². The molecule has 4 heteroatoms. The Morgan fingerprint density at radius 2 is 1.48 bits per heavy atom. The van der Waals surface area contributed by atoms with Crippen LogP contribution < -0.4 is 5.19 Å². The van der Waals surface area contributed by atoms with Crippen LogP contribution in [0.5, 0.6) is 0 Å². The van der Waals surface area contributed by atoms with Gasteiger partial charge in [-0.1, -0.05) is 61.2 Å². The molecule has 0 aliphatic rings. The maximum absolute atomic E-state index is 5.92. The first-order valence-corrected chi connectivity index (χ1v) is 10.6. The fourth-order valence-electron chi connectivity index (χ4n) is 3.03. The molecule has 0 fully saturated rings. The number of benzene rings is 2. The molecule has 0 aliphatic heterocycles. The van der Waals surface area contributed by atoms with Crippen LogP contribution in [-0.4, -0.2) is 48.3 Å². The average molecular weight is 356 g/mol. The fourth-order valence-corrected chi connectivity index (χ4v) is 5.66. The second-order valence-corrected chi connectivity index (χ2v) is 9.89. The quantitative estimate of drug-likeness (QED) is 0.641. The third-order valence-corrected chi connectivity index (χ3v) is 8.11. The largest absolute Gasteiger partial charge is 0.394 e. The van der Waals surface area contributed by atoms with Crippen molar-refractivity contribution < 1.29 is 8.85 Å². The van der Waals surface area contributed by atoms with Crippen LogP contribution in [0.15, 0.2) is 61.2 Å². The van der Waals surface area contributed by atoms with E-state index in [-0.39, 0.29) is 0 Å². The Kier molecular flexibility index (Phi) is 7.14. The summed E-state index contributed by atoms with van der Waals surface area (Å²) in [5, 5.41) is 1.17. The van der Waals surface area contributed by atoms with E-state index in [2.05, 4.69) is 62.0 Å². The second-order valence-electron chi connectivity index (χ2n) is 6.49. The van der Waals surface area contributed by atoms with Crippen LogP contribution in [0.1, 0.15) is 17.5 Å². The lowest BCUT2D eigenvalue weighted by molar-refractivity contribution is 0.254. The Balaban J connectivity index is 2.19. The molecule has 0 radical (unpaired) electrons. The maximum atomic E-state index is 5.92. The smallest absolute Gasteiger partial charge is 0.372 e. The van der Waals surface area contributed by atoms with E-state index in [4.69, 9.17) is 8.85 Å². The van der Waals surface area contributed by atoms with E-state index in [0.717, 1.165) is 35.7 Å². The first-order chi connectivity index (χ1) is 12.0. The van der Waals surface area contributed by atoms with Crippen LogP contribution in [0.25, 0.3) is 5.57 Å². The van der Waals surface area contributed by atoms with Gasteiger partial charge in [0.05, 0.1) is 0 Å². The summed E-state index contributed by atoms with van der Waals surface area (Å²) in [4.78, 5) is 2.19. The topological polar surface area (TPSA) is 21.7 Å². The van der Waals surface area contributed by atoms with E-state index in [1.54, 1.807) is 14.2 Å². The van der Waals surface area contributed by atoms with Crippen molar-refractivity contribution in [2.75, 3.05) is 34.9 Å². The molecule has 2 rings (SSSR count). The summed E-state index contributed by atoms with van der Waals surface area (Å²) >= 11 is 0. The number of hydrogen-bond acceptors (Lipinski definition) is 3. The maximum Gasteiger partial charge on any atom is 0.372 e. The van der Waals surface area contributed by atoms with Crippen molar-refractivity contribution >= 4 is 19.3 Å². The number of nitrogens with zero attached hydrogens (tertiary/aromatic N) is 1. The molecule has 0 aliphatic carbocycles. The van der Waals surface area contributed by atoms with Gasteiger partial charge in [-0.2, -0.15) is 0 Å². The van der Waals surface area contributed by atoms with E-state index in [1.807, 2.05) is 18.2 Å². The predicted molar refractivity (Wildman–Crippen MR) is 108 cm³/mol. The third kappa shape index (κ3) is 4.89. The van der Waals surface area contributed by atoms with Gasteiger partial charge in [0.15, 0.2) is 0 Å². The fraction of sp³-hybridized carbons (Fsp3) is 0.333. The molecule has 0 N–H and O–H groups in total. The van der Waals surface area contributed by atoms with E-state index < -0.39 is 8.56 Å². The zero-order valence-electron chi connectivity index (χ0n) is 15.8. The summed E-state index contributed by atoms with van der Waals surface area (Å²) in [5.41, 5.74) is 3.29. The van der Waals surface area contributed by atoms with Gasteiger partial charge >= 0.3 is 8.56 Å². The minimum atomic E-state index is -2.38. The molecule has 0 atom stereocenters. The van der Waals surface area contributed by atoms with Gasteiger partial charge in [0.25, 0.3) is 0 Å². The van der Waals surface area contributed by atoms with Gasteiger partial charge < -0.3 is 13.8 Å². The lowest BCUT2D eigenvalue weighted by Gasteiger charge is -2.28. The number of hydrogen-bond donors (Lipinski definition) is 0. The molecule has 0 spiro atoms. The van der Waals surface area contributed by atoms with Gasteiger partial charge in [0.1, 0.15) is 0 Å². The summed E-state index contributed by atoms with van der Waals surface area (Å²) < 4.78 is 11.8. The molecule has 134 valence electrons. The Labute approximate surface area is 153 Å². The van der Waals surface area contributed by atoms with Crippen molar-refractivity contribution in [2.24, 2.45) is 0 Å². The standard InChI is InChI=1S/C21H29NO2Si/c1-18(19-10-7-6-8-11-19)20-12-14-21(15-13-20)25(23-4,24-5)17-9-16-22(2)3/h6-8,10-15H,1,9,16-17H2,2-5H3. The molecule has 2 aromatic carbocycles. The zero-order valence-corrected chi connectivity index (χ0v) is 16.8. The zero-order chi connectivity index (χ0) is 18.3. The lowest BCUT2D eigenvalue weighted by atomic mass is 10.00. The van der Waals surface area contributed by atoms with Crippen molar-refractivity contribution in [1.82, 2.24) is 4.90 Å². The van der Waals surface area contributed by atoms with E-state index in [0.29, 0.717) is 0 Å². The normalized spacial score (nSPS) is 11.7. The van der Waals surface area contributed by atoms with Crippen molar-refractivity contribution in [2.45, 2.75) is 12.5 Å². The van der Waals surface area contributed by atoms with Crippen molar-refractivity contribution in [3.8, 4) is 0 Å². The Hall–Kier alpha value is -1.72. The van der Waals surface area contributed by atoms with Crippen LogP contribution in [0.2, 0.25) is 6.04 Å². The highest BCUT2D eigenvalue weighted by molar-refractivity contribution is 6.81. The first-order valence-electron chi connectivity index (χ1n) is 8.62. The molecule has 3 nitrogen and oxygen atoms in total. The molecule has 0 unspecified atom stereocenters. The van der Waals surface area contributed by atoms with Gasteiger partial charge in [0, 0.05) is 14.2 Å². The van der Waals surface area contributed by atoms with Gasteiger partial charge in [0.2, 0.25) is 0 Å². The van der Waals surface area contributed by atoms with Gasteiger partial charge in [-0.05, 0) is 55.0 Å². The van der Waals surface area contributed by atoms with Crippen LogP contribution >= 0.6 is 0 Å². The van der Waals surface area contributed by atoms with Crippen molar-refractivity contribution in [3.63, 3.8) is 0 Å². The highest BCUT2D eigenvalue weighted by Gasteiger charge is 2.37. The van der Waals surface area contributed by atoms with Crippen molar-refractivity contribution in [3.05, 3.63) is 72.3 Å². The molecular formula is C21H29NO2Si. The van der Waals surface area contributed by atoms with E-state index >= 15 is 0 Å². The summed E-state index contributed by atoms with van der Waals surface area (Å²) in [7, 11) is 5.33. The minimum Gasteiger partial charge on any atom is -0.394 e. The molecule has 0 bridgehead atoms. The van der Waals surface area contributed by atoms with Crippen LogP contribution in [-0.2, 0) is 8.85 Å². The molecular weight excluding hydrogens is 326 g/mol. The molecule has 25 heavy (non-hydrogen) atoms. The molecule has 0 saturated heterocycles. The highest BCUT2D eigenvalue weighted by atomic mass is 28.4. The van der Waals surface area contributed by atoms with Gasteiger partial charge in [-0.3, -0.25) is 0 Å². The summed E-state index contributed by atoms with van der Waals surface area (Å²) in [6.07, 6.45) is 1.05. The van der Waals surface area contributed by atoms with Gasteiger partial charge in [-0.15, -0.1) is 0 Å². The van der Waals surface area contributed by atoms with Crippen molar-refractivity contribution in [1.29, 1.82) is 0 Å². The summed E-state index contributed by atoms with van der Waals surface area (Å²) in [5.74, 6) is 0. The molecule has 2 aromatic rings.